The van der Waals surface area contributed by atoms with Crippen molar-refractivity contribution in [2.45, 2.75) is 6.42 Å². The van der Waals surface area contributed by atoms with Crippen molar-refractivity contribution in [3.63, 3.8) is 0 Å². The third-order valence-corrected chi connectivity index (χ3v) is 4.11. The number of aromatic amines is 1. The fourth-order valence-corrected chi connectivity index (χ4v) is 2.70. The molecule has 0 spiro atoms. The minimum Gasteiger partial charge on any atom is -0.370 e. The molecule has 9 heteroatoms. The number of rotatable bonds is 7. The molecule has 1 amide bonds. The van der Waals surface area contributed by atoms with Crippen LogP contribution in [0.4, 0.5) is 0 Å². The summed E-state index contributed by atoms with van der Waals surface area (Å²) in [5, 5.41) is 13.3. The average Bonchev–Trinajstić information content (AvgIpc) is 3.08. The molecular formula is C19H21N7O2. The molecule has 3 rings (SSSR count). The van der Waals surface area contributed by atoms with Crippen molar-refractivity contribution in [3.8, 4) is 5.69 Å². The van der Waals surface area contributed by atoms with Gasteiger partial charge in [0.25, 0.3) is 5.91 Å². The first-order chi connectivity index (χ1) is 13.5. The largest absolute Gasteiger partial charge is 0.370 e. The third-order valence-electron chi connectivity index (χ3n) is 4.11. The highest BCUT2D eigenvalue weighted by molar-refractivity contribution is 5.94. The van der Waals surface area contributed by atoms with Gasteiger partial charge in [-0.2, -0.15) is 4.98 Å². The Morgan fingerprint density at radius 3 is 2.68 bits per heavy atom. The Balaban J connectivity index is 1.70. The molecule has 1 aromatic carbocycles. The van der Waals surface area contributed by atoms with Crippen LogP contribution in [0, 0.1) is 5.41 Å². The standard InChI is InChI=1S/C19H21N7O2/c1-2-14-10-13-11-26(19(28)25-16(13)24-14)15-6-4-12(5-7-15)17(27)22-8-3-9-23-18(20)21/h2,4-7,10-11H,1,3,8-9H2,(H,22,27)(H4,20,21,23)(H,24,25,28). The average molecular weight is 379 g/mol. The first-order valence-electron chi connectivity index (χ1n) is 8.69. The van der Waals surface area contributed by atoms with Gasteiger partial charge in [-0.25, -0.2) is 4.79 Å². The Morgan fingerprint density at radius 2 is 2.00 bits per heavy atom. The molecule has 0 saturated carbocycles. The number of carbonyl (C=O) groups excluding carboxylic acids is 1. The first-order valence-corrected chi connectivity index (χ1v) is 8.69. The molecule has 2 heterocycles. The van der Waals surface area contributed by atoms with Crippen LogP contribution in [0.25, 0.3) is 22.8 Å². The molecule has 0 aliphatic heterocycles. The summed E-state index contributed by atoms with van der Waals surface area (Å²) in [6, 6.07) is 8.56. The van der Waals surface area contributed by atoms with Crippen molar-refractivity contribution < 1.29 is 4.79 Å². The summed E-state index contributed by atoms with van der Waals surface area (Å²) in [5.41, 5.74) is 7.16. The molecule has 2 aromatic heterocycles. The van der Waals surface area contributed by atoms with Crippen LogP contribution < -0.4 is 22.1 Å². The van der Waals surface area contributed by atoms with E-state index in [1.54, 1.807) is 36.5 Å². The van der Waals surface area contributed by atoms with E-state index in [0.29, 0.717) is 36.4 Å². The van der Waals surface area contributed by atoms with Gasteiger partial charge in [-0.3, -0.25) is 14.8 Å². The van der Waals surface area contributed by atoms with Gasteiger partial charge in [-0.05, 0) is 42.8 Å². The first kappa shape index (κ1) is 18.9. The lowest BCUT2D eigenvalue weighted by Gasteiger charge is -2.08. The number of hydrogen-bond acceptors (Lipinski definition) is 4. The van der Waals surface area contributed by atoms with Crippen LogP contribution in [-0.4, -0.2) is 39.5 Å². The lowest BCUT2D eigenvalue weighted by Crippen LogP contribution is -2.33. The number of H-pyrrole nitrogens is 1. The zero-order valence-electron chi connectivity index (χ0n) is 15.2. The minimum absolute atomic E-state index is 0.0924. The van der Waals surface area contributed by atoms with E-state index in [0.717, 1.165) is 11.1 Å². The lowest BCUT2D eigenvalue weighted by molar-refractivity contribution is 0.0953. The molecule has 0 saturated heterocycles. The molecule has 0 radical (unpaired) electrons. The van der Waals surface area contributed by atoms with Gasteiger partial charge in [-0.15, -0.1) is 0 Å². The van der Waals surface area contributed by atoms with Gasteiger partial charge in [0.05, 0.1) is 5.69 Å². The fraction of sp³-hybridized carbons (Fsp3) is 0.158. The van der Waals surface area contributed by atoms with E-state index in [-0.39, 0.29) is 11.9 Å². The number of nitrogens with one attached hydrogen (secondary N) is 4. The number of hydrogen-bond donors (Lipinski definition) is 5. The summed E-state index contributed by atoms with van der Waals surface area (Å²) in [5.74, 6) is -0.304. The molecule has 0 aliphatic rings. The van der Waals surface area contributed by atoms with E-state index < -0.39 is 5.69 Å². The van der Waals surface area contributed by atoms with Crippen molar-refractivity contribution in [3.05, 3.63) is 64.8 Å². The topological polar surface area (TPSA) is 142 Å². The third kappa shape index (κ3) is 4.26. The maximum atomic E-state index is 12.3. The van der Waals surface area contributed by atoms with Crippen LogP contribution in [-0.2, 0) is 0 Å². The van der Waals surface area contributed by atoms with E-state index in [1.807, 2.05) is 6.07 Å². The van der Waals surface area contributed by atoms with Crippen LogP contribution in [0.1, 0.15) is 22.5 Å². The summed E-state index contributed by atoms with van der Waals surface area (Å²) < 4.78 is 1.43. The van der Waals surface area contributed by atoms with E-state index in [4.69, 9.17) is 11.1 Å². The molecule has 0 fully saturated rings. The summed E-state index contributed by atoms with van der Waals surface area (Å²) in [6.45, 7) is 4.67. The quantitative estimate of drug-likeness (QED) is 0.236. The summed E-state index contributed by atoms with van der Waals surface area (Å²) in [6.07, 6.45) is 4.00. The zero-order valence-corrected chi connectivity index (χ0v) is 15.2. The molecular weight excluding hydrogens is 358 g/mol. The smallest absolute Gasteiger partial charge is 0.354 e. The highest BCUT2D eigenvalue weighted by atomic mass is 16.2. The van der Waals surface area contributed by atoms with Gasteiger partial charge in [0.2, 0.25) is 0 Å². The Labute approximate surface area is 160 Å². The predicted octanol–water partition coefficient (Wildman–Crippen LogP) is 0.960. The Hall–Kier alpha value is -3.88. The molecule has 0 aliphatic carbocycles. The van der Waals surface area contributed by atoms with Crippen LogP contribution in [0.15, 0.2) is 47.9 Å². The van der Waals surface area contributed by atoms with Crippen LogP contribution >= 0.6 is 0 Å². The molecule has 0 bridgehead atoms. The highest BCUT2D eigenvalue weighted by Gasteiger charge is 2.09. The molecule has 3 aromatic rings. The number of nitrogens with zero attached hydrogens (tertiary/aromatic N) is 2. The number of benzene rings is 1. The second-order valence-electron chi connectivity index (χ2n) is 6.12. The molecule has 0 unspecified atom stereocenters. The lowest BCUT2D eigenvalue weighted by atomic mass is 10.2. The van der Waals surface area contributed by atoms with Crippen molar-refractivity contribution >= 4 is 29.0 Å². The van der Waals surface area contributed by atoms with Gasteiger partial charge < -0.3 is 21.4 Å². The van der Waals surface area contributed by atoms with E-state index >= 15 is 0 Å². The number of nitrogens with two attached hydrogens (primary N) is 1. The number of guanidine groups is 1. The van der Waals surface area contributed by atoms with E-state index in [1.165, 1.54) is 4.57 Å². The normalized spacial score (nSPS) is 10.6. The second-order valence-corrected chi connectivity index (χ2v) is 6.12. The van der Waals surface area contributed by atoms with Gasteiger partial charge in [-0.1, -0.05) is 6.58 Å². The van der Waals surface area contributed by atoms with Crippen LogP contribution in [0.5, 0.6) is 0 Å². The molecule has 9 nitrogen and oxygen atoms in total. The molecule has 0 atom stereocenters. The van der Waals surface area contributed by atoms with Gasteiger partial charge >= 0.3 is 5.69 Å². The monoisotopic (exact) mass is 379 g/mol. The fourth-order valence-electron chi connectivity index (χ4n) is 2.70. The Bertz CT molecular complexity index is 1080. The Morgan fingerprint density at radius 1 is 1.29 bits per heavy atom. The van der Waals surface area contributed by atoms with Crippen molar-refractivity contribution in [2.24, 2.45) is 5.73 Å². The maximum Gasteiger partial charge on any atom is 0.354 e. The summed E-state index contributed by atoms with van der Waals surface area (Å²) in [7, 11) is 0. The van der Waals surface area contributed by atoms with Crippen LogP contribution in [0.3, 0.4) is 0 Å². The summed E-state index contributed by atoms with van der Waals surface area (Å²) in [4.78, 5) is 31.5. The number of carbonyl (C=O) groups is 1. The minimum atomic E-state index is -0.417. The molecule has 144 valence electrons. The zero-order chi connectivity index (χ0) is 20.1. The number of amides is 1. The van der Waals surface area contributed by atoms with E-state index in [2.05, 4.69) is 27.2 Å². The van der Waals surface area contributed by atoms with Crippen molar-refractivity contribution in [2.75, 3.05) is 13.1 Å². The number of aromatic nitrogens is 3. The SMILES string of the molecule is C=Cc1cc2cn(-c3ccc(C(=O)NCCCNC(=N)N)cc3)c(=O)nc2[nH]1. The maximum absolute atomic E-state index is 12.3. The van der Waals surface area contributed by atoms with Gasteiger partial charge in [0.15, 0.2) is 5.96 Å². The van der Waals surface area contributed by atoms with Gasteiger partial charge in [0.1, 0.15) is 5.65 Å². The summed E-state index contributed by atoms with van der Waals surface area (Å²) >= 11 is 0. The Kier molecular flexibility index (Phi) is 5.54. The molecule has 28 heavy (non-hydrogen) atoms. The van der Waals surface area contributed by atoms with Gasteiger partial charge in [0, 0.05) is 35.9 Å². The van der Waals surface area contributed by atoms with Crippen molar-refractivity contribution in [1.29, 1.82) is 5.41 Å². The van der Waals surface area contributed by atoms with Crippen LogP contribution in [0.2, 0.25) is 0 Å². The second kappa shape index (κ2) is 8.21. The number of fused-ring (bicyclic) bond motifs is 1. The van der Waals surface area contributed by atoms with E-state index in [9.17, 15) is 9.59 Å². The van der Waals surface area contributed by atoms with Crippen molar-refractivity contribution in [1.82, 2.24) is 25.2 Å². The predicted molar refractivity (Wildman–Crippen MR) is 109 cm³/mol. The highest BCUT2D eigenvalue weighted by Crippen LogP contribution is 2.14. The molecule has 6 N–H and O–H groups in total.